The van der Waals surface area contributed by atoms with Crippen LogP contribution >= 0.6 is 0 Å². The zero-order valence-corrected chi connectivity index (χ0v) is 9.63. The van der Waals surface area contributed by atoms with E-state index in [-0.39, 0.29) is 110 Å². The summed E-state index contributed by atoms with van der Waals surface area (Å²) >= 11 is 0. The van der Waals surface area contributed by atoms with Crippen molar-refractivity contribution < 1.29 is 87.6 Å². The van der Waals surface area contributed by atoms with Gasteiger partial charge < -0.3 is 16.4 Å². The van der Waals surface area contributed by atoms with Gasteiger partial charge in [0.15, 0.2) is 0 Å². The molecule has 0 bridgehead atoms. The van der Waals surface area contributed by atoms with Crippen LogP contribution in [-0.2, 0) is 16.4 Å². The molecule has 0 amide bonds. The van der Waals surface area contributed by atoms with Crippen LogP contribution in [0, 0.1) is 71.2 Å². The topological polar surface area (TPSA) is 85.5 Å². The minimum absolute atomic E-state index is 0. The fourth-order valence-electron chi connectivity index (χ4n) is 0. The summed E-state index contributed by atoms with van der Waals surface area (Å²) in [5, 5.41) is 0. The van der Waals surface area contributed by atoms with Crippen LogP contribution in [0.3, 0.4) is 0 Å². The molecule has 0 aromatic carbocycles. The number of rotatable bonds is 0. The van der Waals surface area contributed by atoms with Gasteiger partial charge in [0.25, 0.3) is 0 Å². The normalized spacial score (nSPS) is 0. The summed E-state index contributed by atoms with van der Waals surface area (Å²) in [5.74, 6) is 0. The van der Waals surface area contributed by atoms with E-state index in [0.29, 0.717) is 0 Å². The summed E-state index contributed by atoms with van der Waals surface area (Å²) in [5.41, 5.74) is 0. The summed E-state index contributed by atoms with van der Waals surface area (Å²) in [6, 6.07) is 0. The molecule has 0 spiro atoms. The van der Waals surface area contributed by atoms with Crippen LogP contribution < -0.4 is 0 Å². The Morgan fingerprint density at radius 2 is 0.429 bits per heavy atom. The molecule has 40 valence electrons. The first-order chi connectivity index (χ1) is 0. The van der Waals surface area contributed by atoms with Crippen LogP contribution in [0.25, 0.3) is 0 Å². The Bertz CT molecular complexity index is 10.9. The van der Waals surface area contributed by atoms with Gasteiger partial charge >= 0.3 is 71.2 Å². The van der Waals surface area contributed by atoms with Crippen molar-refractivity contribution in [1.29, 1.82) is 0 Å². The van der Waals surface area contributed by atoms with Crippen LogP contribution in [0.4, 0.5) is 0 Å². The minimum atomic E-state index is 0. The molecule has 3 nitrogen and oxygen atoms in total. The van der Waals surface area contributed by atoms with Crippen molar-refractivity contribution in [3.8, 4) is 0 Å². The van der Waals surface area contributed by atoms with Crippen molar-refractivity contribution in [2.24, 2.45) is 0 Å². The summed E-state index contributed by atoms with van der Waals surface area (Å²) < 4.78 is 0. The zero-order chi connectivity index (χ0) is 0. The van der Waals surface area contributed by atoms with E-state index in [1.165, 1.54) is 0 Å². The molecule has 0 aliphatic rings. The SMILES string of the molecule is [La+3].[La+3].[O-2].[O-2].[O-2].[SiH4].[SiH4]. The molecular formula is H8La2O3Si2. The van der Waals surface area contributed by atoms with Crippen LogP contribution in [0.2, 0.25) is 0 Å². The first-order valence-electron chi connectivity index (χ1n) is 0. The van der Waals surface area contributed by atoms with Crippen molar-refractivity contribution >= 4 is 21.9 Å². The van der Waals surface area contributed by atoms with E-state index in [2.05, 4.69) is 0 Å². The Kier molecular flexibility index (Phi) is 1020. The molecule has 0 aliphatic carbocycles. The van der Waals surface area contributed by atoms with E-state index in [0.717, 1.165) is 0 Å². The molecule has 0 aromatic rings. The maximum atomic E-state index is 0. The van der Waals surface area contributed by atoms with E-state index >= 15 is 0 Å². The smallest absolute Gasteiger partial charge is 2.00 e. The molecule has 0 fully saturated rings. The quantitative estimate of drug-likeness (QED) is 0.389. The zero-order valence-electron chi connectivity index (χ0n) is 2.38. The molecule has 0 heterocycles. The molecular weight excluding hydrogens is 382 g/mol. The van der Waals surface area contributed by atoms with Gasteiger partial charge in [-0.1, -0.05) is 0 Å². The first-order valence-corrected chi connectivity index (χ1v) is 0. The Labute approximate surface area is 108 Å². The first kappa shape index (κ1) is 101. The maximum Gasteiger partial charge on any atom is 3.00 e. The Morgan fingerprint density at radius 3 is 0.429 bits per heavy atom. The van der Waals surface area contributed by atoms with Crippen molar-refractivity contribution in [3.63, 3.8) is 0 Å². The molecule has 0 radical (unpaired) electrons. The van der Waals surface area contributed by atoms with Crippen molar-refractivity contribution in [2.75, 3.05) is 0 Å². The minimum Gasteiger partial charge on any atom is -2.00 e. The van der Waals surface area contributed by atoms with E-state index in [1.807, 2.05) is 0 Å². The second kappa shape index (κ2) is 70.7. The monoisotopic (exact) mass is 390 g/mol. The number of hydrogen-bond acceptors (Lipinski definition) is 0. The summed E-state index contributed by atoms with van der Waals surface area (Å²) in [6.07, 6.45) is 0. The Balaban J connectivity index is 0. The van der Waals surface area contributed by atoms with Crippen molar-refractivity contribution in [2.45, 2.75) is 0 Å². The predicted molar refractivity (Wildman–Crippen MR) is 24.7 cm³/mol. The average Bonchev–Trinajstić information content (AvgIpc) is 0. The van der Waals surface area contributed by atoms with Crippen LogP contribution in [0.5, 0.6) is 0 Å². The Morgan fingerprint density at radius 1 is 0.429 bits per heavy atom. The van der Waals surface area contributed by atoms with E-state index in [9.17, 15) is 0 Å². The average molecular weight is 390 g/mol. The van der Waals surface area contributed by atoms with E-state index in [4.69, 9.17) is 0 Å². The van der Waals surface area contributed by atoms with Gasteiger partial charge in [0.2, 0.25) is 0 Å². The van der Waals surface area contributed by atoms with Crippen LogP contribution in [-0.4, -0.2) is 21.9 Å². The molecule has 7 heavy (non-hydrogen) atoms. The van der Waals surface area contributed by atoms with Gasteiger partial charge in [-0.2, -0.15) is 0 Å². The van der Waals surface area contributed by atoms with Gasteiger partial charge in [0.1, 0.15) is 0 Å². The van der Waals surface area contributed by atoms with E-state index in [1.54, 1.807) is 0 Å². The predicted octanol–water partition coefficient (Wildman–Crippen LogP) is -3.26. The second-order valence-electron chi connectivity index (χ2n) is 0. The van der Waals surface area contributed by atoms with Crippen LogP contribution in [0.15, 0.2) is 0 Å². The largest absolute Gasteiger partial charge is 3.00 e. The molecule has 0 atom stereocenters. The molecule has 0 saturated heterocycles. The van der Waals surface area contributed by atoms with Gasteiger partial charge in [0.05, 0.1) is 0 Å². The summed E-state index contributed by atoms with van der Waals surface area (Å²) in [4.78, 5) is 0. The summed E-state index contributed by atoms with van der Waals surface area (Å²) in [6.45, 7) is 0. The molecule has 0 aliphatic heterocycles. The number of hydrogen-bond donors (Lipinski definition) is 0. The third-order valence-corrected chi connectivity index (χ3v) is 0. The van der Waals surface area contributed by atoms with Gasteiger partial charge in [-0.25, -0.2) is 0 Å². The van der Waals surface area contributed by atoms with Gasteiger partial charge in [-0.3, -0.25) is 0 Å². The Hall–Kier alpha value is 2.70. The molecule has 0 N–H and O–H groups in total. The maximum absolute atomic E-state index is 0. The van der Waals surface area contributed by atoms with Gasteiger partial charge in [-0.15, -0.1) is 0 Å². The third-order valence-electron chi connectivity index (χ3n) is 0. The molecule has 7 heteroatoms. The van der Waals surface area contributed by atoms with Gasteiger partial charge in [-0.05, 0) is 21.9 Å². The van der Waals surface area contributed by atoms with Gasteiger partial charge in [0, 0.05) is 0 Å². The fraction of sp³-hybridized carbons (Fsp3) is 0. The van der Waals surface area contributed by atoms with Crippen molar-refractivity contribution in [3.05, 3.63) is 0 Å². The molecule has 0 unspecified atom stereocenters. The van der Waals surface area contributed by atoms with E-state index < -0.39 is 0 Å². The molecule has 0 saturated carbocycles. The van der Waals surface area contributed by atoms with Crippen molar-refractivity contribution in [1.82, 2.24) is 0 Å². The molecule has 0 aromatic heterocycles. The second-order valence-corrected chi connectivity index (χ2v) is 0. The van der Waals surface area contributed by atoms with Crippen LogP contribution in [0.1, 0.15) is 0 Å². The molecule has 0 rings (SSSR count). The summed E-state index contributed by atoms with van der Waals surface area (Å²) in [7, 11) is 0. The third kappa shape index (κ3) is 53.5. The fourth-order valence-corrected chi connectivity index (χ4v) is 0. The standard InChI is InChI=1S/2La.3O.2H4Si/h;;;;;2*1H4/q2*+3;3*-2;;.